The van der Waals surface area contributed by atoms with Gasteiger partial charge >= 0.3 is 0 Å². The first kappa shape index (κ1) is 14.1. The summed E-state index contributed by atoms with van der Waals surface area (Å²) in [4.78, 5) is 15.5. The minimum Gasteiger partial charge on any atom is -0.370 e. The van der Waals surface area contributed by atoms with Crippen molar-refractivity contribution < 1.29 is 4.79 Å². The summed E-state index contributed by atoms with van der Waals surface area (Å²) < 4.78 is 1.74. The largest absolute Gasteiger partial charge is 0.370 e. The fraction of sp³-hybridized carbons (Fsp3) is 0.188. The highest BCUT2D eigenvalue weighted by Crippen LogP contribution is 2.22. The monoisotopic (exact) mass is 295 g/mol. The first-order valence-corrected chi connectivity index (χ1v) is 7.08. The number of rotatable bonds is 5. The minimum absolute atomic E-state index is 0.269. The van der Waals surface area contributed by atoms with Crippen molar-refractivity contribution in [1.29, 1.82) is 0 Å². The highest BCUT2D eigenvalue weighted by molar-refractivity contribution is 5.74. The molecule has 6 nitrogen and oxygen atoms in total. The van der Waals surface area contributed by atoms with Gasteiger partial charge in [-0.05, 0) is 6.92 Å². The van der Waals surface area contributed by atoms with Crippen LogP contribution < -0.4 is 11.1 Å². The SMILES string of the molecule is Cc1cc2nc(-c3ccccc3)cc(NCCC(N)=O)n2n1. The zero-order valence-electron chi connectivity index (χ0n) is 12.3. The van der Waals surface area contributed by atoms with E-state index in [1.165, 1.54) is 0 Å². The summed E-state index contributed by atoms with van der Waals surface area (Å²) in [5.41, 5.74) is 8.72. The number of nitrogens with zero attached hydrogens (tertiary/aromatic N) is 3. The molecule has 0 saturated heterocycles. The predicted octanol–water partition coefficient (Wildman–Crippen LogP) is 1.99. The number of aryl methyl sites for hydroxylation is 1. The molecule has 22 heavy (non-hydrogen) atoms. The second-order valence-corrected chi connectivity index (χ2v) is 5.09. The molecule has 0 fully saturated rings. The number of nitrogens with two attached hydrogens (primary N) is 1. The Balaban J connectivity index is 2.02. The lowest BCUT2D eigenvalue weighted by Gasteiger charge is -2.10. The summed E-state index contributed by atoms with van der Waals surface area (Å²) in [6, 6.07) is 13.8. The van der Waals surface area contributed by atoms with Crippen LogP contribution in [0.2, 0.25) is 0 Å². The van der Waals surface area contributed by atoms with Crippen LogP contribution >= 0.6 is 0 Å². The first-order chi connectivity index (χ1) is 10.6. The van der Waals surface area contributed by atoms with Crippen molar-refractivity contribution in [3.8, 4) is 11.3 Å². The molecule has 0 bridgehead atoms. The molecule has 6 heteroatoms. The van der Waals surface area contributed by atoms with Gasteiger partial charge in [0.2, 0.25) is 5.91 Å². The Labute approximate surface area is 128 Å². The summed E-state index contributed by atoms with van der Waals surface area (Å²) >= 11 is 0. The minimum atomic E-state index is -0.335. The fourth-order valence-electron chi connectivity index (χ4n) is 2.29. The number of hydrogen-bond acceptors (Lipinski definition) is 4. The fourth-order valence-corrected chi connectivity index (χ4v) is 2.29. The summed E-state index contributed by atoms with van der Waals surface area (Å²) in [6.45, 7) is 2.38. The van der Waals surface area contributed by atoms with Crippen molar-refractivity contribution in [2.24, 2.45) is 5.73 Å². The zero-order chi connectivity index (χ0) is 15.5. The van der Waals surface area contributed by atoms with E-state index < -0.39 is 0 Å². The average molecular weight is 295 g/mol. The van der Waals surface area contributed by atoms with Gasteiger partial charge in [0.15, 0.2) is 5.65 Å². The van der Waals surface area contributed by atoms with Crippen molar-refractivity contribution >= 4 is 17.4 Å². The van der Waals surface area contributed by atoms with Crippen LogP contribution in [0.25, 0.3) is 16.9 Å². The van der Waals surface area contributed by atoms with Gasteiger partial charge in [0.05, 0.1) is 11.4 Å². The van der Waals surface area contributed by atoms with Crippen molar-refractivity contribution in [3.05, 3.63) is 48.2 Å². The van der Waals surface area contributed by atoms with E-state index in [9.17, 15) is 4.79 Å². The smallest absolute Gasteiger partial charge is 0.219 e. The number of carbonyl (C=O) groups excluding carboxylic acids is 1. The number of primary amides is 1. The van der Waals surface area contributed by atoms with E-state index in [0.717, 1.165) is 28.4 Å². The number of carbonyl (C=O) groups is 1. The molecule has 3 N–H and O–H groups in total. The normalized spacial score (nSPS) is 10.8. The van der Waals surface area contributed by atoms with Crippen LogP contribution in [0, 0.1) is 6.92 Å². The molecular formula is C16H17N5O. The van der Waals surface area contributed by atoms with E-state index in [1.54, 1.807) is 4.52 Å². The number of nitrogens with one attached hydrogen (secondary N) is 1. The molecule has 112 valence electrons. The highest BCUT2D eigenvalue weighted by Gasteiger charge is 2.09. The van der Waals surface area contributed by atoms with Crippen LogP contribution in [0.1, 0.15) is 12.1 Å². The van der Waals surface area contributed by atoms with Crippen molar-refractivity contribution in [2.45, 2.75) is 13.3 Å². The Morgan fingerprint density at radius 1 is 1.27 bits per heavy atom. The molecule has 0 unspecified atom stereocenters. The zero-order valence-corrected chi connectivity index (χ0v) is 12.3. The Hall–Kier alpha value is -2.89. The van der Waals surface area contributed by atoms with Crippen molar-refractivity contribution in [1.82, 2.24) is 14.6 Å². The second-order valence-electron chi connectivity index (χ2n) is 5.09. The van der Waals surface area contributed by atoms with Gasteiger partial charge < -0.3 is 11.1 Å². The lowest BCUT2D eigenvalue weighted by atomic mass is 10.1. The Morgan fingerprint density at radius 2 is 2.05 bits per heavy atom. The lowest BCUT2D eigenvalue weighted by Crippen LogP contribution is -2.17. The van der Waals surface area contributed by atoms with E-state index >= 15 is 0 Å². The number of anilines is 1. The van der Waals surface area contributed by atoms with Gasteiger partial charge in [-0.25, -0.2) is 4.98 Å². The van der Waals surface area contributed by atoms with Gasteiger partial charge in [-0.2, -0.15) is 9.61 Å². The molecule has 0 saturated carbocycles. The van der Waals surface area contributed by atoms with Gasteiger partial charge in [0.1, 0.15) is 5.82 Å². The first-order valence-electron chi connectivity index (χ1n) is 7.08. The van der Waals surface area contributed by atoms with Crippen LogP contribution in [0.15, 0.2) is 42.5 Å². The van der Waals surface area contributed by atoms with Crippen molar-refractivity contribution in [3.63, 3.8) is 0 Å². The number of amides is 1. The predicted molar refractivity (Wildman–Crippen MR) is 85.5 cm³/mol. The van der Waals surface area contributed by atoms with Crippen LogP contribution in [-0.4, -0.2) is 27.0 Å². The molecular weight excluding hydrogens is 278 g/mol. The molecule has 3 rings (SSSR count). The number of fused-ring (bicyclic) bond motifs is 1. The molecule has 1 aromatic carbocycles. The van der Waals surface area contributed by atoms with Gasteiger partial charge in [-0.15, -0.1) is 0 Å². The van der Waals surface area contributed by atoms with Crippen LogP contribution in [-0.2, 0) is 4.79 Å². The van der Waals surface area contributed by atoms with Crippen molar-refractivity contribution in [2.75, 3.05) is 11.9 Å². The molecule has 0 atom stereocenters. The number of benzene rings is 1. The number of aromatic nitrogens is 3. The van der Waals surface area contributed by atoms with Gasteiger partial charge in [-0.1, -0.05) is 30.3 Å². The maximum atomic E-state index is 10.9. The van der Waals surface area contributed by atoms with Crippen LogP contribution in [0.3, 0.4) is 0 Å². The topological polar surface area (TPSA) is 85.3 Å². The van der Waals surface area contributed by atoms with Crippen LogP contribution in [0.4, 0.5) is 5.82 Å². The Morgan fingerprint density at radius 3 is 2.77 bits per heavy atom. The highest BCUT2D eigenvalue weighted by atomic mass is 16.1. The molecule has 1 amide bonds. The molecule has 3 aromatic rings. The summed E-state index contributed by atoms with van der Waals surface area (Å²) in [6.07, 6.45) is 0.269. The van der Waals surface area contributed by atoms with E-state index in [0.29, 0.717) is 6.54 Å². The lowest BCUT2D eigenvalue weighted by molar-refractivity contribution is -0.117. The van der Waals surface area contributed by atoms with Gasteiger partial charge in [0.25, 0.3) is 0 Å². The summed E-state index contributed by atoms with van der Waals surface area (Å²) in [5, 5.41) is 7.62. The third-order valence-electron chi connectivity index (χ3n) is 3.30. The van der Waals surface area contributed by atoms with E-state index in [2.05, 4.69) is 15.4 Å². The molecule has 0 aliphatic heterocycles. The third kappa shape index (κ3) is 2.90. The van der Waals surface area contributed by atoms with Gasteiger partial charge in [0, 0.05) is 30.7 Å². The van der Waals surface area contributed by atoms with Crippen LogP contribution in [0.5, 0.6) is 0 Å². The molecule has 2 heterocycles. The summed E-state index contributed by atoms with van der Waals surface area (Å²) in [5.74, 6) is 0.455. The van der Waals surface area contributed by atoms with E-state index in [4.69, 9.17) is 5.73 Å². The molecule has 0 radical (unpaired) electrons. The third-order valence-corrected chi connectivity index (χ3v) is 3.30. The molecule has 0 aliphatic carbocycles. The van der Waals surface area contributed by atoms with E-state index in [-0.39, 0.29) is 12.3 Å². The number of hydrogen-bond donors (Lipinski definition) is 2. The quantitative estimate of drug-likeness (QED) is 0.754. The maximum Gasteiger partial charge on any atom is 0.219 e. The maximum absolute atomic E-state index is 10.9. The van der Waals surface area contributed by atoms with Gasteiger partial charge in [-0.3, -0.25) is 4.79 Å². The average Bonchev–Trinajstić information content (AvgIpc) is 2.88. The molecule has 0 aliphatic rings. The second kappa shape index (κ2) is 5.85. The standard InChI is InChI=1S/C16H17N5O/c1-11-9-16-19-13(12-5-3-2-4-6-12)10-15(21(16)20-11)18-8-7-14(17)22/h2-6,9-10,18H,7-8H2,1H3,(H2,17,22). The Bertz CT molecular complexity index is 810. The Kier molecular flexibility index (Phi) is 3.74. The molecule has 0 spiro atoms. The summed E-state index contributed by atoms with van der Waals surface area (Å²) in [7, 11) is 0. The molecule has 2 aromatic heterocycles. The van der Waals surface area contributed by atoms with E-state index in [1.807, 2.05) is 49.4 Å².